The lowest BCUT2D eigenvalue weighted by molar-refractivity contribution is 0.102. The highest BCUT2D eigenvalue weighted by atomic mass is 32.2. The van der Waals surface area contributed by atoms with Crippen molar-refractivity contribution in [3.63, 3.8) is 0 Å². The summed E-state index contributed by atoms with van der Waals surface area (Å²) < 4.78 is 0. The summed E-state index contributed by atoms with van der Waals surface area (Å²) in [7, 11) is 0. The Hall–Kier alpha value is -4.30. The molecule has 0 aliphatic carbocycles. The number of nitrogens with zero attached hydrogens (tertiary/aromatic N) is 4. The second-order valence-electron chi connectivity index (χ2n) is 7.75. The average molecular weight is 479 g/mol. The van der Waals surface area contributed by atoms with Crippen molar-refractivity contribution < 1.29 is 4.79 Å². The Balaban J connectivity index is 1.36. The fourth-order valence-electron chi connectivity index (χ4n) is 3.67. The van der Waals surface area contributed by atoms with E-state index in [1.54, 1.807) is 24.5 Å². The van der Waals surface area contributed by atoms with Gasteiger partial charge in [0.1, 0.15) is 5.82 Å². The van der Waals surface area contributed by atoms with Gasteiger partial charge in [-0.2, -0.15) is 0 Å². The molecule has 8 heteroatoms. The largest absolute Gasteiger partial charge is 0.381 e. The van der Waals surface area contributed by atoms with Crippen molar-refractivity contribution in [1.29, 1.82) is 0 Å². The number of para-hydroxylation sites is 1. The molecule has 2 N–H and O–H groups in total. The van der Waals surface area contributed by atoms with E-state index in [-0.39, 0.29) is 5.91 Å². The van der Waals surface area contributed by atoms with Gasteiger partial charge in [0.05, 0.1) is 16.8 Å². The van der Waals surface area contributed by atoms with E-state index in [4.69, 9.17) is 0 Å². The molecule has 0 spiro atoms. The Morgan fingerprint density at radius 2 is 1.80 bits per heavy atom. The van der Waals surface area contributed by atoms with E-state index in [0.717, 1.165) is 33.4 Å². The van der Waals surface area contributed by atoms with Gasteiger partial charge in [-0.3, -0.25) is 14.8 Å². The summed E-state index contributed by atoms with van der Waals surface area (Å²) in [5.74, 6) is 0.208. The van der Waals surface area contributed by atoms with E-state index >= 15 is 0 Å². The molecule has 0 radical (unpaired) electrons. The maximum Gasteiger partial charge on any atom is 0.257 e. The molecule has 1 amide bonds. The van der Waals surface area contributed by atoms with E-state index in [2.05, 4.69) is 30.6 Å². The molecule has 0 aliphatic rings. The first-order chi connectivity index (χ1) is 17.2. The molecule has 3 heterocycles. The first kappa shape index (κ1) is 22.5. The summed E-state index contributed by atoms with van der Waals surface area (Å²) in [6.45, 7) is 0.692. The normalized spacial score (nSPS) is 10.8. The number of nitrogens with one attached hydrogen (secondary N) is 2. The van der Waals surface area contributed by atoms with Crippen LogP contribution in [-0.4, -0.2) is 32.1 Å². The standard InChI is InChI=1S/C27H22N6OS/c1-35-27-31-24(19-8-10-20(11-9-19)30-17-18-5-4-13-28-16-18)15-25(33-27)32-26(34)22-12-14-29-23-7-3-2-6-21(22)23/h2-16,30H,17H2,1H3,(H,31,32,33,34). The summed E-state index contributed by atoms with van der Waals surface area (Å²) in [5.41, 5.74) is 5.09. The molecule has 3 aromatic heterocycles. The summed E-state index contributed by atoms with van der Waals surface area (Å²) in [6.07, 6.45) is 7.15. The fourth-order valence-corrected chi connectivity index (χ4v) is 4.05. The van der Waals surface area contributed by atoms with Gasteiger partial charge in [-0.15, -0.1) is 0 Å². The number of hydrogen-bond acceptors (Lipinski definition) is 7. The van der Waals surface area contributed by atoms with Gasteiger partial charge in [-0.1, -0.05) is 48.2 Å². The highest BCUT2D eigenvalue weighted by molar-refractivity contribution is 7.98. The van der Waals surface area contributed by atoms with E-state index in [1.807, 2.05) is 73.1 Å². The molecule has 0 unspecified atom stereocenters. The van der Waals surface area contributed by atoms with Crippen molar-refractivity contribution in [1.82, 2.24) is 19.9 Å². The Bertz CT molecular complexity index is 1470. The minimum atomic E-state index is -0.241. The molecule has 0 atom stereocenters. The molecule has 5 aromatic rings. The zero-order valence-electron chi connectivity index (χ0n) is 19.0. The number of amides is 1. The molecule has 35 heavy (non-hydrogen) atoms. The van der Waals surface area contributed by atoms with Crippen LogP contribution in [0, 0.1) is 0 Å². The maximum absolute atomic E-state index is 13.1. The number of carbonyl (C=O) groups is 1. The SMILES string of the molecule is CSc1nc(NC(=O)c2ccnc3ccccc23)cc(-c2ccc(NCc3cccnc3)cc2)n1. The predicted molar refractivity (Wildman–Crippen MR) is 141 cm³/mol. The lowest BCUT2D eigenvalue weighted by Gasteiger charge is -2.11. The Kier molecular flexibility index (Phi) is 6.63. The van der Waals surface area contributed by atoms with E-state index < -0.39 is 0 Å². The van der Waals surface area contributed by atoms with Crippen molar-refractivity contribution in [2.75, 3.05) is 16.9 Å². The highest BCUT2D eigenvalue weighted by Gasteiger charge is 2.13. The van der Waals surface area contributed by atoms with Crippen LogP contribution >= 0.6 is 11.8 Å². The van der Waals surface area contributed by atoms with Crippen LogP contribution in [0.15, 0.2) is 96.5 Å². The molecule has 172 valence electrons. The molecule has 7 nitrogen and oxygen atoms in total. The molecule has 0 bridgehead atoms. The summed E-state index contributed by atoms with van der Waals surface area (Å²) in [4.78, 5) is 30.7. The van der Waals surface area contributed by atoms with E-state index in [1.165, 1.54) is 11.8 Å². The number of aromatic nitrogens is 4. The van der Waals surface area contributed by atoms with Crippen LogP contribution in [0.25, 0.3) is 22.2 Å². The number of rotatable bonds is 7. The van der Waals surface area contributed by atoms with Crippen LogP contribution in [0.3, 0.4) is 0 Å². The number of pyridine rings is 2. The molecule has 0 saturated heterocycles. The third kappa shape index (κ3) is 5.28. The Morgan fingerprint density at radius 1 is 0.943 bits per heavy atom. The van der Waals surface area contributed by atoms with Crippen molar-refractivity contribution >= 4 is 40.1 Å². The van der Waals surface area contributed by atoms with Crippen LogP contribution in [0.5, 0.6) is 0 Å². The Morgan fingerprint density at radius 3 is 2.60 bits per heavy atom. The second-order valence-corrected chi connectivity index (χ2v) is 8.52. The lowest BCUT2D eigenvalue weighted by atomic mass is 10.1. The van der Waals surface area contributed by atoms with Gasteiger partial charge in [-0.25, -0.2) is 9.97 Å². The smallest absolute Gasteiger partial charge is 0.257 e. The first-order valence-corrected chi connectivity index (χ1v) is 12.2. The molecule has 2 aromatic carbocycles. The lowest BCUT2D eigenvalue weighted by Crippen LogP contribution is -2.14. The third-order valence-corrected chi connectivity index (χ3v) is 5.97. The van der Waals surface area contributed by atoms with Crippen LogP contribution in [0.1, 0.15) is 15.9 Å². The topological polar surface area (TPSA) is 92.7 Å². The number of fused-ring (bicyclic) bond motifs is 1. The number of hydrogen-bond donors (Lipinski definition) is 2. The third-order valence-electron chi connectivity index (χ3n) is 5.42. The van der Waals surface area contributed by atoms with E-state index in [0.29, 0.717) is 23.1 Å². The van der Waals surface area contributed by atoms with Gasteiger partial charge in [0.25, 0.3) is 5.91 Å². The fraction of sp³-hybridized carbons (Fsp3) is 0.0741. The van der Waals surface area contributed by atoms with Crippen molar-refractivity contribution in [3.05, 3.63) is 103 Å². The Labute approximate surface area is 207 Å². The number of thioether (sulfide) groups is 1. The van der Waals surface area contributed by atoms with Gasteiger partial charge < -0.3 is 10.6 Å². The molecule has 0 aliphatic heterocycles. The van der Waals surface area contributed by atoms with Crippen molar-refractivity contribution in [3.8, 4) is 11.3 Å². The summed E-state index contributed by atoms with van der Waals surface area (Å²) in [5, 5.41) is 7.70. The summed E-state index contributed by atoms with van der Waals surface area (Å²) >= 11 is 1.42. The molecule has 0 saturated carbocycles. The zero-order chi connectivity index (χ0) is 24.0. The van der Waals surface area contributed by atoms with Crippen LogP contribution in [-0.2, 0) is 6.54 Å². The van der Waals surface area contributed by atoms with Gasteiger partial charge in [0.2, 0.25) is 0 Å². The number of anilines is 2. The highest BCUT2D eigenvalue weighted by Crippen LogP contribution is 2.25. The maximum atomic E-state index is 13.1. The van der Waals surface area contributed by atoms with Gasteiger partial charge in [0, 0.05) is 47.8 Å². The average Bonchev–Trinajstić information content (AvgIpc) is 2.92. The monoisotopic (exact) mass is 478 g/mol. The van der Waals surface area contributed by atoms with Crippen LogP contribution in [0.4, 0.5) is 11.5 Å². The van der Waals surface area contributed by atoms with Crippen LogP contribution < -0.4 is 10.6 Å². The van der Waals surface area contributed by atoms with Gasteiger partial charge in [-0.05, 0) is 42.2 Å². The van der Waals surface area contributed by atoms with Gasteiger partial charge in [0.15, 0.2) is 5.16 Å². The van der Waals surface area contributed by atoms with Crippen LogP contribution in [0.2, 0.25) is 0 Å². The quantitative estimate of drug-likeness (QED) is 0.230. The zero-order valence-corrected chi connectivity index (χ0v) is 19.8. The first-order valence-electron chi connectivity index (χ1n) is 11.0. The number of carbonyl (C=O) groups excluding carboxylic acids is 1. The minimum absolute atomic E-state index is 0.241. The molecule has 5 rings (SSSR count). The van der Waals surface area contributed by atoms with Gasteiger partial charge >= 0.3 is 0 Å². The summed E-state index contributed by atoms with van der Waals surface area (Å²) in [6, 6.07) is 23.0. The van der Waals surface area contributed by atoms with E-state index in [9.17, 15) is 4.79 Å². The predicted octanol–water partition coefficient (Wildman–Crippen LogP) is 5.67. The molecule has 0 fully saturated rings. The molecular weight excluding hydrogens is 456 g/mol. The van der Waals surface area contributed by atoms with Crippen molar-refractivity contribution in [2.45, 2.75) is 11.7 Å². The number of benzene rings is 2. The minimum Gasteiger partial charge on any atom is -0.381 e. The van der Waals surface area contributed by atoms with Crippen molar-refractivity contribution in [2.24, 2.45) is 0 Å². The molecular formula is C27H22N6OS. The second kappa shape index (κ2) is 10.3.